The van der Waals surface area contributed by atoms with Crippen LogP contribution in [0.15, 0.2) is 64.5 Å². The summed E-state index contributed by atoms with van der Waals surface area (Å²) in [5.41, 5.74) is 5.94. The number of nitrogens with one attached hydrogen (secondary N) is 2. The Morgan fingerprint density at radius 2 is 1.90 bits per heavy atom. The molecule has 0 saturated carbocycles. The van der Waals surface area contributed by atoms with E-state index in [1.54, 1.807) is 18.3 Å². The predicted molar refractivity (Wildman–Crippen MR) is 126 cm³/mol. The third-order valence-electron chi connectivity index (χ3n) is 4.83. The fourth-order valence-electron chi connectivity index (χ4n) is 3.31. The zero-order valence-corrected chi connectivity index (χ0v) is 18.4. The number of nitrogens with zero attached hydrogens (tertiary/aromatic N) is 2. The summed E-state index contributed by atoms with van der Waals surface area (Å²) in [6.45, 7) is 6.30. The number of hydrogen-bond acceptors (Lipinski definition) is 5. The van der Waals surface area contributed by atoms with E-state index in [9.17, 15) is 9.18 Å². The van der Waals surface area contributed by atoms with Crippen LogP contribution in [-0.2, 0) is 11.8 Å². The average molecular weight is 435 g/mol. The standard InChI is InChI=1S/C24H23FN4OS/c1-24(2,3)21-20(13-17-12-16-6-4-5-7-19(16)27-22(17)30)31-23(28-21)29-26-14-15-8-10-18(25)11-9-15/h4-12,14H,13H2,1-3H3,(H,27,30)(H,28,29)/b26-14+. The van der Waals surface area contributed by atoms with Gasteiger partial charge in [-0.2, -0.15) is 5.10 Å². The second-order valence-corrected chi connectivity index (χ2v) is 9.43. The van der Waals surface area contributed by atoms with Crippen LogP contribution >= 0.6 is 11.3 Å². The lowest BCUT2D eigenvalue weighted by Gasteiger charge is -2.17. The highest BCUT2D eigenvalue weighted by molar-refractivity contribution is 7.15. The maximum Gasteiger partial charge on any atom is 0.251 e. The Labute approximate surface area is 183 Å². The SMILES string of the molecule is CC(C)(C)c1nc(N/N=C/c2ccc(F)cc2)sc1Cc1cc2ccccc2[nH]c1=O. The van der Waals surface area contributed by atoms with Crippen LogP contribution in [0.4, 0.5) is 9.52 Å². The van der Waals surface area contributed by atoms with Crippen molar-refractivity contribution in [1.29, 1.82) is 0 Å². The fourth-order valence-corrected chi connectivity index (χ4v) is 4.46. The minimum Gasteiger partial charge on any atom is -0.322 e. The lowest BCUT2D eigenvalue weighted by atomic mass is 9.90. The van der Waals surface area contributed by atoms with Crippen LogP contribution in [0.2, 0.25) is 0 Å². The molecule has 0 spiro atoms. The molecule has 2 aromatic heterocycles. The highest BCUT2D eigenvalue weighted by atomic mass is 32.1. The minimum absolute atomic E-state index is 0.0872. The van der Waals surface area contributed by atoms with E-state index in [4.69, 9.17) is 4.98 Å². The van der Waals surface area contributed by atoms with Crippen LogP contribution in [0.25, 0.3) is 10.9 Å². The molecule has 4 aromatic rings. The number of rotatable bonds is 5. The van der Waals surface area contributed by atoms with Crippen LogP contribution < -0.4 is 11.0 Å². The van der Waals surface area contributed by atoms with E-state index in [0.717, 1.165) is 27.0 Å². The molecule has 0 aliphatic rings. The summed E-state index contributed by atoms with van der Waals surface area (Å²) < 4.78 is 13.0. The molecule has 2 aromatic carbocycles. The van der Waals surface area contributed by atoms with E-state index in [0.29, 0.717) is 17.1 Å². The number of benzene rings is 2. The number of fused-ring (bicyclic) bond motifs is 1. The molecule has 0 atom stereocenters. The van der Waals surface area contributed by atoms with Gasteiger partial charge in [0.2, 0.25) is 5.13 Å². The molecule has 0 aliphatic heterocycles. The lowest BCUT2D eigenvalue weighted by molar-refractivity contribution is 0.568. The van der Waals surface area contributed by atoms with Gasteiger partial charge >= 0.3 is 0 Å². The third kappa shape index (κ3) is 4.88. The molecule has 0 amide bonds. The van der Waals surface area contributed by atoms with Crippen molar-refractivity contribution in [1.82, 2.24) is 9.97 Å². The number of thiazole rings is 1. The fraction of sp³-hybridized carbons (Fsp3) is 0.208. The van der Waals surface area contributed by atoms with Crippen molar-refractivity contribution in [3.8, 4) is 0 Å². The number of pyridine rings is 1. The summed E-state index contributed by atoms with van der Waals surface area (Å²) in [5, 5.41) is 5.88. The van der Waals surface area contributed by atoms with Gasteiger partial charge in [0, 0.05) is 27.8 Å². The predicted octanol–water partition coefficient (Wildman–Crippen LogP) is 5.46. The van der Waals surface area contributed by atoms with E-state index in [1.165, 1.54) is 23.5 Å². The number of aromatic amines is 1. The van der Waals surface area contributed by atoms with Gasteiger partial charge in [0.15, 0.2) is 0 Å². The van der Waals surface area contributed by atoms with Gasteiger partial charge < -0.3 is 4.98 Å². The topological polar surface area (TPSA) is 70.1 Å². The van der Waals surface area contributed by atoms with Crippen molar-refractivity contribution in [2.45, 2.75) is 32.6 Å². The maximum atomic E-state index is 13.0. The summed E-state index contributed by atoms with van der Waals surface area (Å²) in [5.74, 6) is -0.284. The zero-order valence-electron chi connectivity index (χ0n) is 17.6. The van der Waals surface area contributed by atoms with E-state index in [1.807, 2.05) is 30.3 Å². The molecule has 4 rings (SSSR count). The minimum atomic E-state index is -0.284. The van der Waals surface area contributed by atoms with Gasteiger partial charge in [0.25, 0.3) is 5.56 Å². The van der Waals surface area contributed by atoms with Gasteiger partial charge in [-0.05, 0) is 35.2 Å². The smallest absolute Gasteiger partial charge is 0.251 e. The molecule has 5 nitrogen and oxygen atoms in total. The van der Waals surface area contributed by atoms with Gasteiger partial charge in [-0.3, -0.25) is 10.2 Å². The molecular formula is C24H23FN4OS. The largest absolute Gasteiger partial charge is 0.322 e. The summed E-state index contributed by atoms with van der Waals surface area (Å²) in [6.07, 6.45) is 2.11. The number of halogens is 1. The lowest BCUT2D eigenvalue weighted by Crippen LogP contribution is -2.17. The van der Waals surface area contributed by atoms with E-state index >= 15 is 0 Å². The Bertz CT molecular complexity index is 1300. The van der Waals surface area contributed by atoms with Gasteiger partial charge in [-0.15, -0.1) is 0 Å². The van der Waals surface area contributed by atoms with Crippen molar-refractivity contribution in [3.05, 3.63) is 92.5 Å². The van der Waals surface area contributed by atoms with Crippen LogP contribution in [-0.4, -0.2) is 16.2 Å². The van der Waals surface area contributed by atoms with Crippen LogP contribution in [0.1, 0.15) is 42.5 Å². The molecule has 0 radical (unpaired) electrons. The van der Waals surface area contributed by atoms with Crippen LogP contribution in [0.5, 0.6) is 0 Å². The van der Waals surface area contributed by atoms with E-state index in [2.05, 4.69) is 36.3 Å². The Morgan fingerprint density at radius 3 is 2.65 bits per heavy atom. The first-order chi connectivity index (χ1) is 14.8. The molecule has 2 N–H and O–H groups in total. The Morgan fingerprint density at radius 1 is 1.16 bits per heavy atom. The number of hydrogen-bond donors (Lipinski definition) is 2. The maximum absolute atomic E-state index is 13.0. The molecule has 0 unspecified atom stereocenters. The number of anilines is 1. The quantitative estimate of drug-likeness (QED) is 0.324. The Kier molecular flexibility index (Phi) is 5.69. The molecule has 0 aliphatic carbocycles. The van der Waals surface area contributed by atoms with E-state index < -0.39 is 0 Å². The van der Waals surface area contributed by atoms with Crippen LogP contribution in [0.3, 0.4) is 0 Å². The first-order valence-corrected chi connectivity index (χ1v) is 10.8. The molecular weight excluding hydrogens is 411 g/mol. The highest BCUT2D eigenvalue weighted by Gasteiger charge is 2.24. The summed E-state index contributed by atoms with van der Waals surface area (Å²) in [4.78, 5) is 21.3. The average Bonchev–Trinajstić information content (AvgIpc) is 3.13. The van der Waals surface area contributed by atoms with Gasteiger partial charge in [0.05, 0.1) is 11.9 Å². The number of H-pyrrole nitrogens is 1. The highest BCUT2D eigenvalue weighted by Crippen LogP contribution is 2.33. The molecule has 0 saturated heterocycles. The molecule has 7 heteroatoms. The second kappa shape index (κ2) is 8.43. The molecule has 0 bridgehead atoms. The second-order valence-electron chi connectivity index (χ2n) is 8.35. The monoisotopic (exact) mass is 434 g/mol. The van der Waals surface area contributed by atoms with Crippen molar-refractivity contribution < 1.29 is 4.39 Å². The van der Waals surface area contributed by atoms with Crippen molar-refractivity contribution in [2.24, 2.45) is 5.10 Å². The Hall–Kier alpha value is -3.32. The van der Waals surface area contributed by atoms with Gasteiger partial charge in [0.1, 0.15) is 5.82 Å². The third-order valence-corrected chi connectivity index (χ3v) is 5.79. The summed E-state index contributed by atoms with van der Waals surface area (Å²) >= 11 is 1.48. The zero-order chi connectivity index (χ0) is 22.0. The van der Waals surface area contributed by atoms with Crippen molar-refractivity contribution in [2.75, 3.05) is 5.43 Å². The molecule has 2 heterocycles. The summed E-state index contributed by atoms with van der Waals surface area (Å²) in [6, 6.07) is 15.8. The van der Waals surface area contributed by atoms with E-state index in [-0.39, 0.29) is 16.8 Å². The number of para-hydroxylation sites is 1. The normalized spacial score (nSPS) is 12.0. The summed E-state index contributed by atoms with van der Waals surface area (Å²) in [7, 11) is 0. The van der Waals surface area contributed by atoms with Crippen molar-refractivity contribution >= 4 is 33.6 Å². The van der Waals surface area contributed by atoms with Gasteiger partial charge in [-0.1, -0.05) is 62.4 Å². The first-order valence-electron chi connectivity index (χ1n) is 9.95. The van der Waals surface area contributed by atoms with Crippen LogP contribution in [0, 0.1) is 5.82 Å². The molecule has 31 heavy (non-hydrogen) atoms. The molecule has 158 valence electrons. The molecule has 0 fully saturated rings. The van der Waals surface area contributed by atoms with Gasteiger partial charge in [-0.25, -0.2) is 9.37 Å². The Balaban J connectivity index is 1.61. The number of hydrazone groups is 1. The van der Waals surface area contributed by atoms with Crippen molar-refractivity contribution in [3.63, 3.8) is 0 Å². The number of aromatic nitrogens is 2. The first kappa shape index (κ1) is 20.9.